The molecule has 1 fully saturated rings. The fourth-order valence-electron chi connectivity index (χ4n) is 1.42. The van der Waals surface area contributed by atoms with Crippen LogP contribution in [0.4, 0.5) is 0 Å². The van der Waals surface area contributed by atoms with Crippen molar-refractivity contribution in [1.82, 2.24) is 4.90 Å². The minimum Gasteiger partial charge on any atom is -0.464 e. The first kappa shape index (κ1) is 10.5. The Morgan fingerprint density at radius 1 is 1.62 bits per heavy atom. The van der Waals surface area contributed by atoms with Crippen molar-refractivity contribution in [3.05, 3.63) is 0 Å². The molecule has 0 spiro atoms. The van der Waals surface area contributed by atoms with Crippen LogP contribution in [-0.2, 0) is 9.53 Å². The minimum absolute atomic E-state index is 0.0806. The van der Waals surface area contributed by atoms with Crippen molar-refractivity contribution in [2.45, 2.75) is 13.3 Å². The van der Waals surface area contributed by atoms with Crippen LogP contribution in [0.3, 0.4) is 0 Å². The highest BCUT2D eigenvalue weighted by molar-refractivity contribution is 5.69. The van der Waals surface area contributed by atoms with E-state index in [1.165, 1.54) is 0 Å². The standard InChI is InChI=1S/C9H18N2O2/c1-8(6-10)7-11-3-2-9(12)13-5-4-11/h8H,2-7,10H2,1H3. The van der Waals surface area contributed by atoms with Crippen LogP contribution in [0.15, 0.2) is 0 Å². The Hall–Kier alpha value is -0.610. The lowest BCUT2D eigenvalue weighted by Gasteiger charge is -2.21. The third-order valence-corrected chi connectivity index (χ3v) is 2.27. The summed E-state index contributed by atoms with van der Waals surface area (Å²) in [6.07, 6.45) is 0.511. The average molecular weight is 186 g/mol. The van der Waals surface area contributed by atoms with Crippen molar-refractivity contribution in [2.75, 3.05) is 32.8 Å². The predicted molar refractivity (Wildman–Crippen MR) is 50.2 cm³/mol. The van der Waals surface area contributed by atoms with E-state index in [4.69, 9.17) is 10.5 Å². The maximum atomic E-state index is 10.9. The first-order valence-electron chi connectivity index (χ1n) is 4.80. The zero-order chi connectivity index (χ0) is 9.68. The molecule has 76 valence electrons. The van der Waals surface area contributed by atoms with Crippen molar-refractivity contribution < 1.29 is 9.53 Å². The highest BCUT2D eigenvalue weighted by atomic mass is 16.5. The van der Waals surface area contributed by atoms with Crippen LogP contribution in [0.5, 0.6) is 0 Å². The Balaban J connectivity index is 2.29. The van der Waals surface area contributed by atoms with Crippen molar-refractivity contribution in [1.29, 1.82) is 0 Å². The van der Waals surface area contributed by atoms with Gasteiger partial charge in [-0.2, -0.15) is 0 Å². The Morgan fingerprint density at radius 2 is 2.38 bits per heavy atom. The van der Waals surface area contributed by atoms with Gasteiger partial charge in [0.25, 0.3) is 0 Å². The summed E-state index contributed by atoms with van der Waals surface area (Å²) in [4.78, 5) is 13.1. The molecule has 1 rings (SSSR count). The topological polar surface area (TPSA) is 55.6 Å². The summed E-state index contributed by atoms with van der Waals surface area (Å²) in [6, 6.07) is 0. The lowest BCUT2D eigenvalue weighted by Crippen LogP contribution is -2.33. The molecule has 0 aromatic heterocycles. The first-order chi connectivity index (χ1) is 6.22. The van der Waals surface area contributed by atoms with Gasteiger partial charge in [-0.1, -0.05) is 6.92 Å². The molecule has 1 saturated heterocycles. The van der Waals surface area contributed by atoms with Gasteiger partial charge >= 0.3 is 5.97 Å². The van der Waals surface area contributed by atoms with Gasteiger partial charge in [0.05, 0.1) is 6.42 Å². The molecule has 1 aliphatic rings. The summed E-state index contributed by atoms with van der Waals surface area (Å²) >= 11 is 0. The molecule has 0 aromatic carbocycles. The van der Waals surface area contributed by atoms with Gasteiger partial charge in [-0.3, -0.25) is 9.69 Å². The largest absolute Gasteiger partial charge is 0.464 e. The second-order valence-corrected chi connectivity index (χ2v) is 3.61. The van der Waals surface area contributed by atoms with E-state index >= 15 is 0 Å². The van der Waals surface area contributed by atoms with Gasteiger partial charge in [0.15, 0.2) is 0 Å². The van der Waals surface area contributed by atoms with Crippen LogP contribution >= 0.6 is 0 Å². The number of carbonyl (C=O) groups is 1. The van der Waals surface area contributed by atoms with Crippen molar-refractivity contribution in [2.24, 2.45) is 11.7 Å². The maximum Gasteiger partial charge on any atom is 0.307 e. The van der Waals surface area contributed by atoms with E-state index in [1.807, 2.05) is 0 Å². The van der Waals surface area contributed by atoms with Gasteiger partial charge < -0.3 is 10.5 Å². The zero-order valence-electron chi connectivity index (χ0n) is 8.16. The lowest BCUT2D eigenvalue weighted by molar-refractivity contribution is -0.142. The zero-order valence-corrected chi connectivity index (χ0v) is 8.16. The van der Waals surface area contributed by atoms with Crippen LogP contribution < -0.4 is 5.73 Å². The molecule has 0 saturated carbocycles. The lowest BCUT2D eigenvalue weighted by atomic mass is 10.1. The van der Waals surface area contributed by atoms with E-state index in [-0.39, 0.29) is 5.97 Å². The maximum absolute atomic E-state index is 10.9. The van der Waals surface area contributed by atoms with E-state index in [2.05, 4.69) is 11.8 Å². The minimum atomic E-state index is -0.0806. The van der Waals surface area contributed by atoms with Gasteiger partial charge in [0.1, 0.15) is 6.61 Å². The molecule has 0 aromatic rings. The number of carbonyl (C=O) groups excluding carboxylic acids is 1. The average Bonchev–Trinajstić information content (AvgIpc) is 2.31. The van der Waals surface area contributed by atoms with Crippen LogP contribution in [0.25, 0.3) is 0 Å². The normalized spacial score (nSPS) is 22.2. The van der Waals surface area contributed by atoms with Crippen LogP contribution in [-0.4, -0.2) is 43.7 Å². The summed E-state index contributed by atoms with van der Waals surface area (Å²) < 4.78 is 4.94. The highest BCUT2D eigenvalue weighted by Gasteiger charge is 2.15. The molecule has 4 heteroatoms. The molecule has 1 heterocycles. The fraction of sp³-hybridized carbons (Fsp3) is 0.889. The van der Waals surface area contributed by atoms with Crippen LogP contribution in [0.2, 0.25) is 0 Å². The Morgan fingerprint density at radius 3 is 3.08 bits per heavy atom. The Labute approximate surface area is 79.0 Å². The van der Waals surface area contributed by atoms with E-state index in [9.17, 15) is 4.79 Å². The third kappa shape index (κ3) is 3.74. The molecule has 1 unspecified atom stereocenters. The molecule has 0 amide bonds. The molecule has 0 radical (unpaired) electrons. The molecule has 13 heavy (non-hydrogen) atoms. The summed E-state index contributed by atoms with van der Waals surface area (Å²) in [6.45, 7) is 5.96. The number of rotatable bonds is 3. The number of hydrogen-bond donors (Lipinski definition) is 1. The first-order valence-corrected chi connectivity index (χ1v) is 4.80. The van der Waals surface area contributed by atoms with Gasteiger partial charge in [-0.15, -0.1) is 0 Å². The van der Waals surface area contributed by atoms with Crippen molar-refractivity contribution >= 4 is 5.97 Å². The van der Waals surface area contributed by atoms with Gasteiger partial charge in [-0.25, -0.2) is 0 Å². The van der Waals surface area contributed by atoms with Crippen molar-refractivity contribution in [3.8, 4) is 0 Å². The second-order valence-electron chi connectivity index (χ2n) is 3.61. The Kier molecular flexibility index (Phi) is 4.18. The molecule has 2 N–H and O–H groups in total. The number of nitrogens with two attached hydrogens (primary N) is 1. The SMILES string of the molecule is CC(CN)CN1CCOC(=O)CC1. The third-order valence-electron chi connectivity index (χ3n) is 2.27. The van der Waals surface area contributed by atoms with E-state index < -0.39 is 0 Å². The predicted octanol–water partition coefficient (Wildman–Crippen LogP) is -0.170. The number of nitrogens with zero attached hydrogens (tertiary/aromatic N) is 1. The smallest absolute Gasteiger partial charge is 0.307 e. The van der Waals surface area contributed by atoms with E-state index in [0.29, 0.717) is 25.5 Å². The summed E-state index contributed by atoms with van der Waals surface area (Å²) in [5, 5.41) is 0. The molecular formula is C9H18N2O2. The number of esters is 1. The monoisotopic (exact) mass is 186 g/mol. The van der Waals surface area contributed by atoms with Crippen LogP contribution in [0, 0.1) is 5.92 Å². The quantitative estimate of drug-likeness (QED) is 0.622. The number of hydrogen-bond acceptors (Lipinski definition) is 4. The van der Waals surface area contributed by atoms with E-state index in [1.54, 1.807) is 0 Å². The molecule has 4 nitrogen and oxygen atoms in total. The summed E-state index contributed by atoms with van der Waals surface area (Å²) in [5.74, 6) is 0.413. The molecule has 0 bridgehead atoms. The van der Waals surface area contributed by atoms with Gasteiger partial charge in [-0.05, 0) is 12.5 Å². The number of cyclic esters (lactones) is 1. The summed E-state index contributed by atoms with van der Waals surface area (Å²) in [7, 11) is 0. The van der Waals surface area contributed by atoms with Crippen molar-refractivity contribution in [3.63, 3.8) is 0 Å². The number of ether oxygens (including phenoxy) is 1. The molecular weight excluding hydrogens is 168 g/mol. The van der Waals surface area contributed by atoms with E-state index in [0.717, 1.165) is 19.6 Å². The fourth-order valence-corrected chi connectivity index (χ4v) is 1.42. The molecule has 1 aliphatic heterocycles. The van der Waals surface area contributed by atoms with Gasteiger partial charge in [0, 0.05) is 19.6 Å². The molecule has 1 atom stereocenters. The highest BCUT2D eigenvalue weighted by Crippen LogP contribution is 2.03. The second kappa shape index (κ2) is 5.19. The Bertz CT molecular complexity index is 173. The van der Waals surface area contributed by atoms with Gasteiger partial charge in [0.2, 0.25) is 0 Å². The molecule has 0 aliphatic carbocycles. The van der Waals surface area contributed by atoms with Crippen LogP contribution in [0.1, 0.15) is 13.3 Å². The summed E-state index contributed by atoms with van der Waals surface area (Å²) in [5.41, 5.74) is 5.53.